The average molecular weight is 396 g/mol. The van der Waals surface area contributed by atoms with Gasteiger partial charge >= 0.3 is 0 Å². The van der Waals surface area contributed by atoms with Crippen LogP contribution in [0.25, 0.3) is 10.9 Å². The molecular formula is C21H17FN2O3S. The molecule has 0 radical (unpaired) electrons. The number of aromatic nitrogens is 2. The van der Waals surface area contributed by atoms with Gasteiger partial charge in [0, 0.05) is 5.75 Å². The van der Waals surface area contributed by atoms with Crippen LogP contribution in [0.4, 0.5) is 4.39 Å². The summed E-state index contributed by atoms with van der Waals surface area (Å²) in [7, 11) is 0. The summed E-state index contributed by atoms with van der Waals surface area (Å²) in [5.74, 6) is 0.995. The summed E-state index contributed by atoms with van der Waals surface area (Å²) in [6, 6.07) is 17.1. The van der Waals surface area contributed by atoms with Crippen molar-refractivity contribution in [3.8, 4) is 5.75 Å². The molecule has 0 bridgehead atoms. The molecule has 4 rings (SSSR count). The first-order valence-electron chi connectivity index (χ1n) is 8.74. The largest absolute Gasteiger partial charge is 0.490 e. The van der Waals surface area contributed by atoms with E-state index in [1.807, 2.05) is 24.3 Å². The van der Waals surface area contributed by atoms with Gasteiger partial charge in [-0.25, -0.2) is 9.37 Å². The van der Waals surface area contributed by atoms with Crippen LogP contribution in [0.5, 0.6) is 5.75 Å². The average Bonchev–Trinajstić information content (AvgIpc) is 3.22. The lowest BCUT2D eigenvalue weighted by Gasteiger charge is -2.12. The highest BCUT2D eigenvalue weighted by Gasteiger charge is 2.13. The van der Waals surface area contributed by atoms with Gasteiger partial charge in [0.05, 0.1) is 30.3 Å². The Bertz CT molecular complexity index is 1140. The highest BCUT2D eigenvalue weighted by molar-refractivity contribution is 7.99. The second-order valence-corrected chi connectivity index (χ2v) is 7.07. The van der Waals surface area contributed by atoms with Crippen LogP contribution in [-0.2, 0) is 6.54 Å². The second-order valence-electron chi connectivity index (χ2n) is 6.01. The van der Waals surface area contributed by atoms with Crippen LogP contribution < -0.4 is 10.3 Å². The molecule has 0 amide bonds. The number of rotatable bonds is 7. The lowest BCUT2D eigenvalue weighted by Crippen LogP contribution is -2.24. The number of fused-ring (bicyclic) bond motifs is 1. The number of furan rings is 1. The van der Waals surface area contributed by atoms with Crippen molar-refractivity contribution < 1.29 is 13.5 Å². The minimum absolute atomic E-state index is 0.125. The molecule has 0 unspecified atom stereocenters. The van der Waals surface area contributed by atoms with Gasteiger partial charge < -0.3 is 9.15 Å². The number of hydrogen-bond donors (Lipinski definition) is 0. The van der Waals surface area contributed by atoms with Crippen LogP contribution in [0, 0.1) is 5.82 Å². The number of para-hydroxylation sites is 2. The zero-order valence-electron chi connectivity index (χ0n) is 14.9. The first kappa shape index (κ1) is 18.3. The van der Waals surface area contributed by atoms with E-state index in [2.05, 4.69) is 4.98 Å². The third kappa shape index (κ3) is 3.94. The first-order chi connectivity index (χ1) is 13.7. The molecule has 0 aliphatic carbocycles. The van der Waals surface area contributed by atoms with Crippen molar-refractivity contribution in [3.63, 3.8) is 0 Å². The highest BCUT2D eigenvalue weighted by atomic mass is 32.2. The molecule has 5 nitrogen and oxygen atoms in total. The van der Waals surface area contributed by atoms with E-state index in [4.69, 9.17) is 9.15 Å². The normalized spacial score (nSPS) is 11.0. The summed E-state index contributed by atoms with van der Waals surface area (Å²) in [6.07, 6.45) is 1.57. The Morgan fingerprint density at radius 1 is 1.07 bits per heavy atom. The molecule has 142 valence electrons. The number of thioether (sulfide) groups is 1. The molecule has 2 aromatic carbocycles. The summed E-state index contributed by atoms with van der Waals surface area (Å²) in [4.78, 5) is 17.6. The van der Waals surface area contributed by atoms with Crippen molar-refractivity contribution in [2.75, 3.05) is 12.4 Å². The molecule has 0 aliphatic heterocycles. The minimum Gasteiger partial charge on any atom is -0.490 e. The van der Waals surface area contributed by atoms with E-state index in [0.29, 0.717) is 34.1 Å². The van der Waals surface area contributed by atoms with Crippen molar-refractivity contribution >= 4 is 22.7 Å². The Labute approximate surface area is 164 Å². The molecule has 4 aromatic rings. The monoisotopic (exact) mass is 396 g/mol. The SMILES string of the molecule is O=c1c2ccccc2nc(SCCOc2ccccc2F)n1Cc1ccco1. The maximum Gasteiger partial charge on any atom is 0.262 e. The molecule has 0 saturated carbocycles. The number of hydrogen-bond acceptors (Lipinski definition) is 5. The highest BCUT2D eigenvalue weighted by Crippen LogP contribution is 2.20. The molecule has 2 heterocycles. The fourth-order valence-corrected chi connectivity index (χ4v) is 3.62. The minimum atomic E-state index is -0.397. The molecule has 0 atom stereocenters. The van der Waals surface area contributed by atoms with E-state index in [9.17, 15) is 9.18 Å². The summed E-state index contributed by atoms with van der Waals surface area (Å²) >= 11 is 1.39. The fraction of sp³-hybridized carbons (Fsp3) is 0.143. The summed E-state index contributed by atoms with van der Waals surface area (Å²) in [5, 5.41) is 1.12. The number of ether oxygens (including phenoxy) is 1. The van der Waals surface area contributed by atoms with Crippen LogP contribution in [0.3, 0.4) is 0 Å². The molecule has 2 aromatic heterocycles. The molecule has 0 saturated heterocycles. The third-order valence-electron chi connectivity index (χ3n) is 4.13. The predicted molar refractivity (Wildman–Crippen MR) is 106 cm³/mol. The maximum atomic E-state index is 13.6. The predicted octanol–water partition coefficient (Wildman–Crippen LogP) is 4.35. The van der Waals surface area contributed by atoms with E-state index < -0.39 is 5.82 Å². The molecule has 0 aliphatic rings. The lowest BCUT2D eigenvalue weighted by molar-refractivity contribution is 0.324. The summed E-state index contributed by atoms with van der Waals surface area (Å²) in [6.45, 7) is 0.579. The number of benzene rings is 2. The van der Waals surface area contributed by atoms with Crippen LogP contribution >= 0.6 is 11.8 Å². The number of nitrogens with zero attached hydrogens (tertiary/aromatic N) is 2. The Balaban J connectivity index is 1.56. The van der Waals surface area contributed by atoms with Gasteiger partial charge in [-0.2, -0.15) is 0 Å². The third-order valence-corrected chi connectivity index (χ3v) is 5.07. The van der Waals surface area contributed by atoms with E-state index in [1.54, 1.807) is 41.2 Å². The molecule has 28 heavy (non-hydrogen) atoms. The van der Waals surface area contributed by atoms with Crippen LogP contribution in [0.2, 0.25) is 0 Å². The van der Waals surface area contributed by atoms with Crippen molar-refractivity contribution in [3.05, 3.63) is 88.9 Å². The van der Waals surface area contributed by atoms with E-state index in [0.717, 1.165) is 0 Å². The molecule has 0 spiro atoms. The standard InChI is InChI=1S/C21H17FN2O3S/c22-17-8-2-4-10-19(17)27-12-13-28-21-23-18-9-3-1-7-16(18)20(25)24(21)14-15-6-5-11-26-15/h1-11H,12-14H2. The second kappa shape index (κ2) is 8.31. The topological polar surface area (TPSA) is 57.3 Å². The summed E-state index contributed by atoms with van der Waals surface area (Å²) < 4.78 is 26.1. The van der Waals surface area contributed by atoms with Gasteiger partial charge in [0.1, 0.15) is 5.76 Å². The van der Waals surface area contributed by atoms with Gasteiger partial charge in [-0.1, -0.05) is 36.0 Å². The van der Waals surface area contributed by atoms with E-state index in [1.165, 1.54) is 17.8 Å². The molecular weight excluding hydrogens is 379 g/mol. The maximum absolute atomic E-state index is 13.6. The van der Waals surface area contributed by atoms with Gasteiger partial charge in [0.15, 0.2) is 16.7 Å². The van der Waals surface area contributed by atoms with E-state index in [-0.39, 0.29) is 17.9 Å². The summed E-state index contributed by atoms with van der Waals surface area (Å²) in [5.41, 5.74) is 0.514. The quantitative estimate of drug-likeness (QED) is 0.264. The van der Waals surface area contributed by atoms with Gasteiger partial charge in [-0.05, 0) is 36.4 Å². The Hall–Kier alpha value is -3.06. The first-order valence-corrected chi connectivity index (χ1v) is 9.73. The molecule has 7 heteroatoms. The zero-order valence-corrected chi connectivity index (χ0v) is 15.7. The fourth-order valence-electron chi connectivity index (χ4n) is 2.80. The Morgan fingerprint density at radius 2 is 1.89 bits per heavy atom. The smallest absolute Gasteiger partial charge is 0.262 e. The van der Waals surface area contributed by atoms with Gasteiger partial charge in [0.2, 0.25) is 0 Å². The van der Waals surface area contributed by atoms with Gasteiger partial charge in [0.25, 0.3) is 5.56 Å². The van der Waals surface area contributed by atoms with Crippen LogP contribution in [0.1, 0.15) is 5.76 Å². The van der Waals surface area contributed by atoms with Crippen molar-refractivity contribution in [1.29, 1.82) is 0 Å². The van der Waals surface area contributed by atoms with Crippen LogP contribution in [0.15, 0.2) is 81.3 Å². The van der Waals surface area contributed by atoms with Crippen LogP contribution in [-0.4, -0.2) is 21.9 Å². The molecule has 0 fully saturated rings. The van der Waals surface area contributed by atoms with Crippen molar-refractivity contribution in [1.82, 2.24) is 9.55 Å². The van der Waals surface area contributed by atoms with Gasteiger partial charge in [-0.15, -0.1) is 0 Å². The Kier molecular flexibility index (Phi) is 5.43. The van der Waals surface area contributed by atoms with Crippen molar-refractivity contribution in [2.24, 2.45) is 0 Å². The number of halogens is 1. The zero-order chi connectivity index (χ0) is 19.3. The van der Waals surface area contributed by atoms with Crippen molar-refractivity contribution in [2.45, 2.75) is 11.7 Å². The van der Waals surface area contributed by atoms with Gasteiger partial charge in [-0.3, -0.25) is 9.36 Å². The molecule has 0 N–H and O–H groups in total. The lowest BCUT2D eigenvalue weighted by atomic mass is 10.2. The van der Waals surface area contributed by atoms with E-state index >= 15 is 0 Å². The Morgan fingerprint density at radius 3 is 2.71 bits per heavy atom.